The summed E-state index contributed by atoms with van der Waals surface area (Å²) in [6.07, 6.45) is 1.58. The van der Waals surface area contributed by atoms with Crippen LogP contribution >= 0.6 is 28.1 Å². The van der Waals surface area contributed by atoms with E-state index in [0.717, 1.165) is 5.56 Å². The molecule has 1 amide bonds. The van der Waals surface area contributed by atoms with Gasteiger partial charge in [-0.05, 0) is 40.2 Å². The highest BCUT2D eigenvalue weighted by Crippen LogP contribution is 2.20. The molecular weight excluding hydrogens is 338 g/mol. The first-order chi connectivity index (χ1) is 9.50. The van der Waals surface area contributed by atoms with Crippen LogP contribution in [0.5, 0.6) is 0 Å². The van der Waals surface area contributed by atoms with Gasteiger partial charge in [0.05, 0.1) is 0 Å². The standard InChI is InChI=1S/C14H12BrN3OS/c1-18(10-5-2-4-9(8-10)13(16)20)14(19)12-11(15)6-3-7-17-12/h2-8H,1H3,(H2,16,20). The van der Waals surface area contributed by atoms with Crippen molar-refractivity contribution in [2.45, 2.75) is 0 Å². The maximum absolute atomic E-state index is 12.4. The second-order valence-electron chi connectivity index (χ2n) is 4.11. The molecule has 0 aliphatic heterocycles. The van der Waals surface area contributed by atoms with E-state index in [1.165, 1.54) is 4.90 Å². The molecule has 2 aromatic rings. The fourth-order valence-corrected chi connectivity index (χ4v) is 2.24. The number of carbonyl (C=O) groups excluding carboxylic acids is 1. The van der Waals surface area contributed by atoms with E-state index in [-0.39, 0.29) is 5.91 Å². The summed E-state index contributed by atoms with van der Waals surface area (Å²) >= 11 is 8.27. The van der Waals surface area contributed by atoms with Crippen LogP contribution in [0.1, 0.15) is 16.1 Å². The molecular formula is C14H12BrN3OS. The molecule has 0 atom stereocenters. The predicted octanol–water partition coefficient (Wildman–Crippen LogP) is 2.75. The van der Waals surface area contributed by atoms with E-state index in [1.807, 2.05) is 6.07 Å². The molecule has 2 rings (SSSR count). The first kappa shape index (κ1) is 14.6. The average molecular weight is 350 g/mol. The van der Waals surface area contributed by atoms with Crippen LogP contribution in [0.3, 0.4) is 0 Å². The zero-order valence-corrected chi connectivity index (χ0v) is 13.1. The van der Waals surface area contributed by atoms with E-state index in [1.54, 1.807) is 43.6 Å². The molecule has 0 saturated heterocycles. The van der Waals surface area contributed by atoms with Crippen molar-refractivity contribution in [1.82, 2.24) is 4.98 Å². The molecule has 0 saturated carbocycles. The van der Waals surface area contributed by atoms with Crippen LogP contribution in [0.15, 0.2) is 47.1 Å². The van der Waals surface area contributed by atoms with Gasteiger partial charge >= 0.3 is 0 Å². The van der Waals surface area contributed by atoms with Gasteiger partial charge in [-0.25, -0.2) is 4.98 Å². The maximum atomic E-state index is 12.4. The Kier molecular flexibility index (Phi) is 4.46. The molecule has 1 aromatic carbocycles. The summed E-state index contributed by atoms with van der Waals surface area (Å²) in [4.78, 5) is 18.3. The molecule has 102 valence electrons. The quantitative estimate of drug-likeness (QED) is 0.865. The zero-order chi connectivity index (χ0) is 14.7. The van der Waals surface area contributed by atoms with Gasteiger partial charge in [-0.3, -0.25) is 4.79 Å². The van der Waals surface area contributed by atoms with Crippen molar-refractivity contribution in [3.63, 3.8) is 0 Å². The summed E-state index contributed by atoms with van der Waals surface area (Å²) in [6.45, 7) is 0. The van der Waals surface area contributed by atoms with Crippen LogP contribution in [0.2, 0.25) is 0 Å². The van der Waals surface area contributed by atoms with Crippen molar-refractivity contribution in [3.05, 3.63) is 58.3 Å². The Morgan fingerprint density at radius 1 is 1.35 bits per heavy atom. The molecule has 0 radical (unpaired) electrons. The number of pyridine rings is 1. The number of hydrogen-bond acceptors (Lipinski definition) is 3. The molecule has 1 aromatic heterocycles. The Morgan fingerprint density at radius 3 is 2.75 bits per heavy atom. The lowest BCUT2D eigenvalue weighted by atomic mass is 10.2. The molecule has 0 fully saturated rings. The number of halogens is 1. The monoisotopic (exact) mass is 349 g/mol. The Labute approximate surface area is 130 Å². The highest BCUT2D eigenvalue weighted by molar-refractivity contribution is 9.10. The summed E-state index contributed by atoms with van der Waals surface area (Å²) < 4.78 is 0.655. The van der Waals surface area contributed by atoms with E-state index in [9.17, 15) is 4.79 Å². The topological polar surface area (TPSA) is 59.2 Å². The van der Waals surface area contributed by atoms with Gasteiger partial charge in [-0.1, -0.05) is 24.4 Å². The molecule has 0 aliphatic rings. The molecule has 0 aliphatic carbocycles. The van der Waals surface area contributed by atoms with Crippen molar-refractivity contribution in [3.8, 4) is 0 Å². The van der Waals surface area contributed by atoms with E-state index in [2.05, 4.69) is 20.9 Å². The minimum Gasteiger partial charge on any atom is -0.389 e. The number of nitrogens with zero attached hydrogens (tertiary/aromatic N) is 2. The van der Waals surface area contributed by atoms with E-state index in [0.29, 0.717) is 20.8 Å². The number of rotatable bonds is 3. The molecule has 20 heavy (non-hydrogen) atoms. The SMILES string of the molecule is CN(C(=O)c1ncccc1Br)c1cccc(C(N)=S)c1. The number of amides is 1. The molecule has 0 spiro atoms. The minimum absolute atomic E-state index is 0.211. The number of hydrogen-bond donors (Lipinski definition) is 1. The third-order valence-electron chi connectivity index (χ3n) is 2.78. The zero-order valence-electron chi connectivity index (χ0n) is 10.7. The van der Waals surface area contributed by atoms with Crippen LogP contribution < -0.4 is 10.6 Å². The van der Waals surface area contributed by atoms with Gasteiger partial charge in [0.25, 0.3) is 5.91 Å². The summed E-state index contributed by atoms with van der Waals surface area (Å²) in [6, 6.07) is 10.7. The molecule has 0 bridgehead atoms. The van der Waals surface area contributed by atoms with Gasteiger partial charge in [0.2, 0.25) is 0 Å². The van der Waals surface area contributed by atoms with Gasteiger partial charge in [0.1, 0.15) is 10.7 Å². The normalized spacial score (nSPS) is 10.1. The number of aromatic nitrogens is 1. The second kappa shape index (κ2) is 6.11. The molecule has 6 heteroatoms. The molecule has 2 N–H and O–H groups in total. The fraction of sp³-hybridized carbons (Fsp3) is 0.0714. The van der Waals surface area contributed by atoms with Crippen LogP contribution in [0.4, 0.5) is 5.69 Å². The Morgan fingerprint density at radius 2 is 2.10 bits per heavy atom. The van der Waals surface area contributed by atoms with Crippen molar-refractivity contribution < 1.29 is 4.79 Å². The third kappa shape index (κ3) is 3.02. The third-order valence-corrected chi connectivity index (χ3v) is 3.66. The fourth-order valence-electron chi connectivity index (χ4n) is 1.69. The van der Waals surface area contributed by atoms with Gasteiger partial charge in [0.15, 0.2) is 0 Å². The minimum atomic E-state index is -0.211. The smallest absolute Gasteiger partial charge is 0.277 e. The lowest BCUT2D eigenvalue weighted by Crippen LogP contribution is -2.27. The number of thiocarbonyl (C=S) groups is 1. The lowest BCUT2D eigenvalue weighted by Gasteiger charge is -2.18. The number of nitrogens with two attached hydrogens (primary N) is 1. The number of benzene rings is 1. The maximum Gasteiger partial charge on any atom is 0.277 e. The first-order valence-corrected chi connectivity index (χ1v) is 6.99. The van der Waals surface area contributed by atoms with Gasteiger partial charge in [-0.15, -0.1) is 0 Å². The summed E-state index contributed by atoms with van der Waals surface area (Å²) in [5.74, 6) is -0.211. The van der Waals surface area contributed by atoms with E-state index >= 15 is 0 Å². The average Bonchev–Trinajstić information content (AvgIpc) is 2.46. The van der Waals surface area contributed by atoms with Gasteiger partial charge in [-0.2, -0.15) is 0 Å². The summed E-state index contributed by atoms with van der Waals surface area (Å²) in [5.41, 5.74) is 7.39. The van der Waals surface area contributed by atoms with Gasteiger partial charge in [0, 0.05) is 29.0 Å². The van der Waals surface area contributed by atoms with E-state index < -0.39 is 0 Å². The molecule has 4 nitrogen and oxygen atoms in total. The second-order valence-corrected chi connectivity index (χ2v) is 5.41. The Balaban J connectivity index is 2.34. The van der Waals surface area contributed by atoms with Crippen molar-refractivity contribution in [2.24, 2.45) is 5.73 Å². The summed E-state index contributed by atoms with van der Waals surface area (Å²) in [7, 11) is 1.68. The van der Waals surface area contributed by atoms with Crippen molar-refractivity contribution in [1.29, 1.82) is 0 Å². The van der Waals surface area contributed by atoms with Crippen molar-refractivity contribution >= 4 is 44.7 Å². The number of anilines is 1. The Hall–Kier alpha value is -1.79. The van der Waals surface area contributed by atoms with Crippen LogP contribution in [0, 0.1) is 0 Å². The van der Waals surface area contributed by atoms with E-state index in [4.69, 9.17) is 18.0 Å². The highest BCUT2D eigenvalue weighted by atomic mass is 79.9. The first-order valence-electron chi connectivity index (χ1n) is 5.79. The lowest BCUT2D eigenvalue weighted by molar-refractivity contribution is 0.0987. The summed E-state index contributed by atoms with van der Waals surface area (Å²) in [5, 5.41) is 0. The van der Waals surface area contributed by atoms with Crippen LogP contribution in [-0.4, -0.2) is 22.9 Å². The van der Waals surface area contributed by atoms with Crippen molar-refractivity contribution in [2.75, 3.05) is 11.9 Å². The Bertz CT molecular complexity index is 675. The predicted molar refractivity (Wildman–Crippen MR) is 87.0 cm³/mol. The number of carbonyl (C=O) groups is 1. The van der Waals surface area contributed by atoms with Crippen LogP contribution in [0.25, 0.3) is 0 Å². The highest BCUT2D eigenvalue weighted by Gasteiger charge is 2.17. The largest absolute Gasteiger partial charge is 0.389 e. The molecule has 0 unspecified atom stereocenters. The van der Waals surface area contributed by atoms with Crippen LogP contribution in [-0.2, 0) is 0 Å². The molecule has 1 heterocycles. The van der Waals surface area contributed by atoms with Gasteiger partial charge < -0.3 is 10.6 Å².